The Labute approximate surface area is 102 Å². The molecule has 0 heterocycles. The summed E-state index contributed by atoms with van der Waals surface area (Å²) in [5.74, 6) is -0.186. The Hall–Kier alpha value is -0.540. The van der Waals surface area contributed by atoms with E-state index in [2.05, 4.69) is 20.8 Å². The first kappa shape index (κ1) is 13.5. The first-order valence-electron chi connectivity index (χ1n) is 5.51. The molecular formula is C13H20FNS. The van der Waals surface area contributed by atoms with Gasteiger partial charge in [0.15, 0.2) is 0 Å². The highest BCUT2D eigenvalue weighted by atomic mass is 32.2. The van der Waals surface area contributed by atoms with Crippen LogP contribution in [0.3, 0.4) is 0 Å². The summed E-state index contributed by atoms with van der Waals surface area (Å²) in [6, 6.07) is 5.01. The highest BCUT2D eigenvalue weighted by Crippen LogP contribution is 2.34. The van der Waals surface area contributed by atoms with Gasteiger partial charge in [-0.1, -0.05) is 20.8 Å². The minimum Gasteiger partial charge on any atom is -0.328 e. The molecule has 1 unspecified atom stereocenters. The first-order chi connectivity index (χ1) is 7.28. The number of hydrogen-bond acceptors (Lipinski definition) is 2. The third kappa shape index (κ3) is 4.54. The smallest absolute Gasteiger partial charge is 0.123 e. The van der Waals surface area contributed by atoms with Crippen LogP contribution in [0.15, 0.2) is 23.1 Å². The molecule has 0 fully saturated rings. The highest BCUT2D eigenvalue weighted by Gasteiger charge is 2.15. The number of halogens is 1. The monoisotopic (exact) mass is 241 g/mol. The fraction of sp³-hybridized carbons (Fsp3) is 0.538. The summed E-state index contributed by atoms with van der Waals surface area (Å²) in [4.78, 5) is 1.13. The van der Waals surface area contributed by atoms with Crippen molar-refractivity contribution in [3.05, 3.63) is 29.6 Å². The average Bonchev–Trinajstić information content (AvgIpc) is 2.06. The van der Waals surface area contributed by atoms with E-state index < -0.39 is 0 Å². The van der Waals surface area contributed by atoms with Crippen LogP contribution >= 0.6 is 11.8 Å². The second-order valence-corrected chi connectivity index (χ2v) is 7.02. The second kappa shape index (κ2) is 5.19. The van der Waals surface area contributed by atoms with Crippen molar-refractivity contribution in [1.82, 2.24) is 0 Å². The lowest BCUT2D eigenvalue weighted by Gasteiger charge is -2.20. The number of hydrogen-bond donors (Lipinski definition) is 1. The van der Waals surface area contributed by atoms with Crippen LogP contribution in [0, 0.1) is 5.82 Å². The van der Waals surface area contributed by atoms with Gasteiger partial charge in [-0.05, 0) is 37.1 Å². The van der Waals surface area contributed by atoms with Crippen molar-refractivity contribution >= 4 is 11.8 Å². The molecule has 2 N–H and O–H groups in total. The zero-order chi connectivity index (χ0) is 12.3. The van der Waals surface area contributed by atoms with Crippen LogP contribution in [-0.2, 0) is 6.42 Å². The van der Waals surface area contributed by atoms with Gasteiger partial charge in [-0.2, -0.15) is 0 Å². The lowest BCUT2D eigenvalue weighted by atomic mass is 10.1. The van der Waals surface area contributed by atoms with Crippen molar-refractivity contribution < 1.29 is 4.39 Å². The van der Waals surface area contributed by atoms with Gasteiger partial charge in [-0.15, -0.1) is 11.8 Å². The first-order valence-corrected chi connectivity index (χ1v) is 6.32. The van der Waals surface area contributed by atoms with Crippen molar-refractivity contribution in [2.45, 2.75) is 49.8 Å². The summed E-state index contributed by atoms with van der Waals surface area (Å²) in [5, 5.41) is 0. The van der Waals surface area contributed by atoms with Crippen molar-refractivity contribution in [3.8, 4) is 0 Å². The van der Waals surface area contributed by atoms with E-state index in [1.165, 1.54) is 6.07 Å². The van der Waals surface area contributed by atoms with Gasteiger partial charge in [0.05, 0.1) is 0 Å². The van der Waals surface area contributed by atoms with Gasteiger partial charge in [0, 0.05) is 15.7 Å². The Morgan fingerprint density at radius 1 is 1.38 bits per heavy atom. The van der Waals surface area contributed by atoms with E-state index in [0.29, 0.717) is 0 Å². The van der Waals surface area contributed by atoms with Gasteiger partial charge in [0.1, 0.15) is 5.82 Å². The van der Waals surface area contributed by atoms with Crippen LogP contribution in [-0.4, -0.2) is 10.8 Å². The number of nitrogens with two attached hydrogens (primary N) is 1. The number of rotatable bonds is 3. The van der Waals surface area contributed by atoms with E-state index in [4.69, 9.17) is 5.73 Å². The maximum Gasteiger partial charge on any atom is 0.123 e. The minimum atomic E-state index is -0.186. The van der Waals surface area contributed by atoms with E-state index in [1.54, 1.807) is 17.8 Å². The topological polar surface area (TPSA) is 26.0 Å². The molecule has 90 valence electrons. The van der Waals surface area contributed by atoms with Crippen molar-refractivity contribution in [2.75, 3.05) is 0 Å². The number of thioether (sulfide) groups is 1. The van der Waals surface area contributed by atoms with Gasteiger partial charge < -0.3 is 5.73 Å². The van der Waals surface area contributed by atoms with Gasteiger partial charge in [0.25, 0.3) is 0 Å². The molecule has 1 nitrogen and oxygen atoms in total. The fourth-order valence-electron chi connectivity index (χ4n) is 1.48. The van der Waals surface area contributed by atoms with Crippen molar-refractivity contribution in [2.24, 2.45) is 5.73 Å². The molecule has 16 heavy (non-hydrogen) atoms. The summed E-state index contributed by atoms with van der Waals surface area (Å²) in [6.07, 6.45) is 0.718. The quantitative estimate of drug-likeness (QED) is 0.818. The molecule has 0 aliphatic carbocycles. The molecule has 0 aromatic heterocycles. The van der Waals surface area contributed by atoms with Gasteiger partial charge in [-0.25, -0.2) is 4.39 Å². The standard InChI is InChI=1S/C13H20FNS/c1-9(15)7-10-8-11(14)5-6-12(10)16-13(2,3)4/h5-6,8-9H,7,15H2,1-4H3. The predicted octanol–water partition coefficient (Wildman–Crippen LogP) is 3.61. The summed E-state index contributed by atoms with van der Waals surface area (Å²) in [5.41, 5.74) is 6.78. The maximum atomic E-state index is 13.2. The second-order valence-electron chi connectivity index (χ2n) is 5.15. The van der Waals surface area contributed by atoms with Gasteiger partial charge in [-0.3, -0.25) is 0 Å². The Kier molecular flexibility index (Phi) is 4.39. The normalized spacial score (nSPS) is 13.9. The zero-order valence-electron chi connectivity index (χ0n) is 10.4. The van der Waals surface area contributed by atoms with Crippen LogP contribution in [0.5, 0.6) is 0 Å². The van der Waals surface area contributed by atoms with E-state index in [-0.39, 0.29) is 16.6 Å². The van der Waals surface area contributed by atoms with Crippen LogP contribution in [0.4, 0.5) is 4.39 Å². The van der Waals surface area contributed by atoms with E-state index >= 15 is 0 Å². The molecule has 0 radical (unpaired) electrons. The van der Waals surface area contributed by atoms with Gasteiger partial charge in [0.2, 0.25) is 0 Å². The molecule has 0 saturated carbocycles. The van der Waals surface area contributed by atoms with E-state index in [0.717, 1.165) is 16.9 Å². The highest BCUT2D eigenvalue weighted by molar-refractivity contribution is 8.00. The molecule has 0 bridgehead atoms. The van der Waals surface area contributed by atoms with Crippen LogP contribution in [0.25, 0.3) is 0 Å². The molecule has 0 saturated heterocycles. The van der Waals surface area contributed by atoms with Crippen LogP contribution in [0.1, 0.15) is 33.3 Å². The molecule has 0 aliphatic heterocycles. The Morgan fingerprint density at radius 3 is 2.50 bits per heavy atom. The summed E-state index contributed by atoms with van der Waals surface area (Å²) < 4.78 is 13.3. The number of benzene rings is 1. The molecule has 1 aromatic rings. The lowest BCUT2D eigenvalue weighted by Crippen LogP contribution is -2.19. The van der Waals surface area contributed by atoms with Crippen molar-refractivity contribution in [3.63, 3.8) is 0 Å². The molecule has 3 heteroatoms. The molecular weight excluding hydrogens is 221 g/mol. The fourth-order valence-corrected chi connectivity index (χ4v) is 2.55. The maximum absolute atomic E-state index is 13.2. The van der Waals surface area contributed by atoms with Crippen LogP contribution < -0.4 is 5.73 Å². The van der Waals surface area contributed by atoms with Gasteiger partial charge >= 0.3 is 0 Å². The average molecular weight is 241 g/mol. The van der Waals surface area contributed by atoms with E-state index in [9.17, 15) is 4.39 Å². The SMILES string of the molecule is CC(N)Cc1cc(F)ccc1SC(C)(C)C. The summed E-state index contributed by atoms with van der Waals surface area (Å²) in [7, 11) is 0. The van der Waals surface area contributed by atoms with Crippen molar-refractivity contribution in [1.29, 1.82) is 0 Å². The predicted molar refractivity (Wildman–Crippen MR) is 69.4 cm³/mol. The molecule has 1 atom stereocenters. The summed E-state index contributed by atoms with van der Waals surface area (Å²) in [6.45, 7) is 8.39. The largest absolute Gasteiger partial charge is 0.328 e. The molecule has 0 amide bonds. The Morgan fingerprint density at radius 2 is 2.00 bits per heavy atom. The zero-order valence-corrected chi connectivity index (χ0v) is 11.2. The minimum absolute atomic E-state index is 0.0566. The molecule has 1 aromatic carbocycles. The molecule has 0 spiro atoms. The molecule has 1 rings (SSSR count). The lowest BCUT2D eigenvalue weighted by molar-refractivity contribution is 0.619. The Bertz CT molecular complexity index is 355. The third-order valence-corrected chi connectivity index (χ3v) is 3.21. The third-order valence-electron chi connectivity index (χ3n) is 1.98. The summed E-state index contributed by atoms with van der Waals surface area (Å²) >= 11 is 1.76. The van der Waals surface area contributed by atoms with Crippen LogP contribution in [0.2, 0.25) is 0 Å². The van der Waals surface area contributed by atoms with E-state index in [1.807, 2.05) is 13.0 Å². The Balaban J connectivity index is 2.98. The molecule has 0 aliphatic rings.